The predicted molar refractivity (Wildman–Crippen MR) is 66.1 cm³/mol. The van der Waals surface area contributed by atoms with Crippen LogP contribution < -0.4 is 14.8 Å². The van der Waals surface area contributed by atoms with Crippen LogP contribution in [0.3, 0.4) is 0 Å². The Morgan fingerprint density at radius 1 is 1.39 bits per heavy atom. The fourth-order valence-electron chi connectivity index (χ4n) is 1.77. The van der Waals surface area contributed by atoms with E-state index in [1.54, 1.807) is 25.3 Å². The predicted octanol–water partition coefficient (Wildman–Crippen LogP) is 0.958. The number of benzene rings is 1. The highest BCUT2D eigenvalue weighted by Gasteiger charge is 2.43. The molecular weight excluding hydrogens is 234 g/mol. The van der Waals surface area contributed by atoms with Gasteiger partial charge in [0.2, 0.25) is 0 Å². The number of nitrogens with one attached hydrogen (secondary N) is 1. The van der Waals surface area contributed by atoms with E-state index < -0.39 is 5.54 Å². The van der Waals surface area contributed by atoms with Crippen molar-refractivity contribution in [3.05, 3.63) is 23.8 Å². The molecule has 5 heteroatoms. The second-order valence-electron chi connectivity index (χ2n) is 4.46. The van der Waals surface area contributed by atoms with Gasteiger partial charge in [0.05, 0.1) is 31.9 Å². The molecule has 0 spiro atoms. The monoisotopic (exact) mass is 251 g/mol. The molecule has 0 heterocycles. The maximum Gasteiger partial charge on any atom is 0.255 e. The lowest BCUT2D eigenvalue weighted by Gasteiger charge is -2.16. The van der Waals surface area contributed by atoms with E-state index in [1.165, 1.54) is 7.11 Å². The van der Waals surface area contributed by atoms with Crippen molar-refractivity contribution in [2.75, 3.05) is 20.8 Å². The number of carbonyl (C=O) groups excluding carboxylic acids is 1. The average Bonchev–Trinajstić information content (AvgIpc) is 3.18. The first kappa shape index (κ1) is 12.7. The molecule has 0 saturated heterocycles. The summed E-state index contributed by atoms with van der Waals surface area (Å²) >= 11 is 0. The van der Waals surface area contributed by atoms with Gasteiger partial charge < -0.3 is 19.9 Å². The second-order valence-corrected chi connectivity index (χ2v) is 4.46. The van der Waals surface area contributed by atoms with Crippen molar-refractivity contribution in [1.29, 1.82) is 0 Å². The smallest absolute Gasteiger partial charge is 0.255 e. The Morgan fingerprint density at radius 3 is 2.61 bits per heavy atom. The Kier molecular flexibility index (Phi) is 3.43. The third-order valence-corrected chi connectivity index (χ3v) is 3.19. The number of methoxy groups -OCH3 is 2. The summed E-state index contributed by atoms with van der Waals surface area (Å²) < 4.78 is 10.2. The van der Waals surface area contributed by atoms with Crippen molar-refractivity contribution in [3.8, 4) is 11.5 Å². The van der Waals surface area contributed by atoms with Crippen LogP contribution in [-0.2, 0) is 0 Å². The average molecular weight is 251 g/mol. The van der Waals surface area contributed by atoms with Crippen LogP contribution in [0.5, 0.6) is 11.5 Å². The van der Waals surface area contributed by atoms with Crippen molar-refractivity contribution in [3.63, 3.8) is 0 Å². The Hall–Kier alpha value is -1.75. The standard InChI is InChI=1S/C13H17NO4/c1-17-9-3-4-10(11(7-9)18-2)12(16)14-13(8-15)5-6-13/h3-4,7,15H,5-6,8H2,1-2H3,(H,14,16). The highest BCUT2D eigenvalue weighted by molar-refractivity contribution is 5.97. The molecule has 0 atom stereocenters. The van der Waals surface area contributed by atoms with Gasteiger partial charge in [-0.25, -0.2) is 0 Å². The van der Waals surface area contributed by atoms with Gasteiger partial charge in [-0.2, -0.15) is 0 Å². The molecule has 5 nitrogen and oxygen atoms in total. The molecule has 98 valence electrons. The van der Waals surface area contributed by atoms with Crippen LogP contribution in [0.2, 0.25) is 0 Å². The van der Waals surface area contributed by atoms with Crippen LogP contribution in [0.1, 0.15) is 23.2 Å². The molecular formula is C13H17NO4. The van der Waals surface area contributed by atoms with Crippen LogP contribution in [0.25, 0.3) is 0 Å². The van der Waals surface area contributed by atoms with E-state index in [4.69, 9.17) is 9.47 Å². The largest absolute Gasteiger partial charge is 0.497 e. The van der Waals surface area contributed by atoms with E-state index in [1.807, 2.05) is 0 Å². The van der Waals surface area contributed by atoms with Gasteiger partial charge in [-0.15, -0.1) is 0 Å². The first-order valence-electron chi connectivity index (χ1n) is 5.79. The summed E-state index contributed by atoms with van der Waals surface area (Å²) in [6.07, 6.45) is 1.63. The van der Waals surface area contributed by atoms with Gasteiger partial charge in [-0.1, -0.05) is 0 Å². The van der Waals surface area contributed by atoms with Gasteiger partial charge in [-0.3, -0.25) is 4.79 Å². The molecule has 1 aromatic rings. The molecule has 1 aliphatic rings. The molecule has 1 amide bonds. The zero-order valence-electron chi connectivity index (χ0n) is 10.5. The minimum Gasteiger partial charge on any atom is -0.497 e. The fourth-order valence-corrected chi connectivity index (χ4v) is 1.77. The van der Waals surface area contributed by atoms with Crippen LogP contribution in [0, 0.1) is 0 Å². The minimum atomic E-state index is -0.429. The van der Waals surface area contributed by atoms with Crippen LogP contribution in [0.4, 0.5) is 0 Å². The van der Waals surface area contributed by atoms with E-state index in [0.29, 0.717) is 17.1 Å². The lowest BCUT2D eigenvalue weighted by molar-refractivity contribution is 0.0903. The number of hydrogen-bond donors (Lipinski definition) is 2. The van der Waals surface area contributed by atoms with Crippen LogP contribution in [0.15, 0.2) is 18.2 Å². The molecule has 2 N–H and O–H groups in total. The summed E-state index contributed by atoms with van der Waals surface area (Å²) in [5.41, 5.74) is 0.0141. The zero-order chi connectivity index (χ0) is 13.2. The first-order valence-corrected chi connectivity index (χ1v) is 5.79. The van der Waals surface area contributed by atoms with Gasteiger partial charge in [-0.05, 0) is 25.0 Å². The molecule has 0 aromatic heterocycles. The molecule has 0 aliphatic heterocycles. The van der Waals surface area contributed by atoms with E-state index in [-0.39, 0.29) is 12.5 Å². The molecule has 1 aromatic carbocycles. The summed E-state index contributed by atoms with van der Waals surface area (Å²) in [4.78, 5) is 12.1. The molecule has 1 fully saturated rings. The van der Waals surface area contributed by atoms with Gasteiger partial charge in [0.1, 0.15) is 11.5 Å². The van der Waals surface area contributed by atoms with Crippen molar-refractivity contribution in [2.45, 2.75) is 18.4 Å². The fraction of sp³-hybridized carbons (Fsp3) is 0.462. The molecule has 0 radical (unpaired) electrons. The van der Waals surface area contributed by atoms with E-state index in [0.717, 1.165) is 12.8 Å². The summed E-state index contributed by atoms with van der Waals surface area (Å²) in [5, 5.41) is 12.0. The Balaban J connectivity index is 2.19. The third kappa shape index (κ3) is 2.41. The number of rotatable bonds is 5. The number of hydrogen-bond acceptors (Lipinski definition) is 4. The van der Waals surface area contributed by atoms with Gasteiger partial charge in [0.25, 0.3) is 5.91 Å². The Morgan fingerprint density at radius 2 is 2.11 bits per heavy atom. The normalized spacial score (nSPS) is 15.9. The molecule has 18 heavy (non-hydrogen) atoms. The van der Waals surface area contributed by atoms with E-state index in [2.05, 4.69) is 5.32 Å². The summed E-state index contributed by atoms with van der Waals surface area (Å²) in [7, 11) is 3.06. The molecule has 2 rings (SSSR count). The second kappa shape index (κ2) is 4.86. The highest BCUT2D eigenvalue weighted by atomic mass is 16.5. The topological polar surface area (TPSA) is 67.8 Å². The summed E-state index contributed by atoms with van der Waals surface area (Å²) in [6, 6.07) is 5.02. The molecule has 0 bridgehead atoms. The zero-order valence-corrected chi connectivity index (χ0v) is 10.5. The van der Waals surface area contributed by atoms with Crippen molar-refractivity contribution >= 4 is 5.91 Å². The lowest BCUT2D eigenvalue weighted by Crippen LogP contribution is -2.39. The van der Waals surface area contributed by atoms with Crippen LogP contribution in [-0.4, -0.2) is 37.4 Å². The summed E-state index contributed by atoms with van der Waals surface area (Å²) in [6.45, 7) is -0.0305. The SMILES string of the molecule is COc1ccc(C(=O)NC2(CO)CC2)c(OC)c1. The quantitative estimate of drug-likeness (QED) is 0.818. The number of carbonyl (C=O) groups is 1. The maximum atomic E-state index is 12.1. The van der Waals surface area contributed by atoms with E-state index >= 15 is 0 Å². The lowest BCUT2D eigenvalue weighted by atomic mass is 10.1. The summed E-state index contributed by atoms with van der Waals surface area (Å²) in [5.74, 6) is 0.855. The number of ether oxygens (including phenoxy) is 2. The van der Waals surface area contributed by atoms with Gasteiger partial charge in [0.15, 0.2) is 0 Å². The van der Waals surface area contributed by atoms with Gasteiger partial charge >= 0.3 is 0 Å². The highest BCUT2D eigenvalue weighted by Crippen LogP contribution is 2.35. The maximum absolute atomic E-state index is 12.1. The Bertz CT molecular complexity index is 454. The van der Waals surface area contributed by atoms with Crippen molar-refractivity contribution in [2.24, 2.45) is 0 Å². The van der Waals surface area contributed by atoms with Crippen molar-refractivity contribution in [1.82, 2.24) is 5.32 Å². The molecule has 1 aliphatic carbocycles. The molecule has 0 unspecified atom stereocenters. The first-order chi connectivity index (χ1) is 8.64. The third-order valence-electron chi connectivity index (χ3n) is 3.19. The minimum absolute atomic E-state index is 0.0305. The number of aliphatic hydroxyl groups excluding tert-OH is 1. The number of amides is 1. The van der Waals surface area contributed by atoms with E-state index in [9.17, 15) is 9.90 Å². The van der Waals surface area contributed by atoms with Crippen LogP contribution >= 0.6 is 0 Å². The Labute approximate surface area is 106 Å². The number of aliphatic hydroxyl groups is 1. The molecule has 1 saturated carbocycles. The van der Waals surface area contributed by atoms with Crippen molar-refractivity contribution < 1.29 is 19.4 Å². The van der Waals surface area contributed by atoms with Gasteiger partial charge in [0, 0.05) is 6.07 Å².